The van der Waals surface area contributed by atoms with Crippen molar-refractivity contribution in [3.05, 3.63) is 29.8 Å². The number of carbonyl (C=O) groups is 1. The van der Waals surface area contributed by atoms with Crippen molar-refractivity contribution >= 4 is 11.7 Å². The second kappa shape index (κ2) is 6.37. The predicted molar refractivity (Wildman–Crippen MR) is 70.8 cm³/mol. The third-order valence-corrected chi connectivity index (χ3v) is 3.33. The maximum Gasteiger partial charge on any atom is 0.335 e. The molecule has 0 aromatic heterocycles. The summed E-state index contributed by atoms with van der Waals surface area (Å²) in [4.78, 5) is 10.7. The summed E-state index contributed by atoms with van der Waals surface area (Å²) in [5.74, 6) is -1.06. The highest BCUT2D eigenvalue weighted by atomic mass is 16.6. The quantitative estimate of drug-likeness (QED) is 0.399. The number of carboxylic acid groups (broad SMARTS) is 1. The van der Waals surface area contributed by atoms with E-state index in [0.717, 1.165) is 0 Å². The molecule has 1 heterocycles. The van der Waals surface area contributed by atoms with Gasteiger partial charge in [0, 0.05) is 5.69 Å². The van der Waals surface area contributed by atoms with Crippen LogP contribution in [0.1, 0.15) is 10.4 Å². The first-order chi connectivity index (χ1) is 9.93. The normalized spacial score (nSPS) is 32.7. The molecule has 0 radical (unpaired) electrons. The van der Waals surface area contributed by atoms with Gasteiger partial charge in [0.25, 0.3) is 0 Å². The van der Waals surface area contributed by atoms with Crippen molar-refractivity contribution in [3.63, 3.8) is 0 Å². The molecule has 8 nitrogen and oxygen atoms in total. The zero-order valence-corrected chi connectivity index (χ0v) is 11.0. The van der Waals surface area contributed by atoms with Gasteiger partial charge in [-0.25, -0.2) is 4.79 Å². The number of hydrogen-bond donors (Lipinski definition) is 6. The Morgan fingerprint density at radius 3 is 2.24 bits per heavy atom. The summed E-state index contributed by atoms with van der Waals surface area (Å²) < 4.78 is 5.27. The number of carboxylic acids is 1. The second-order valence-electron chi connectivity index (χ2n) is 4.78. The van der Waals surface area contributed by atoms with Crippen molar-refractivity contribution in [1.29, 1.82) is 0 Å². The lowest BCUT2D eigenvalue weighted by Crippen LogP contribution is -2.60. The summed E-state index contributed by atoms with van der Waals surface area (Å²) in [7, 11) is 0. The molecule has 21 heavy (non-hydrogen) atoms. The van der Waals surface area contributed by atoms with Gasteiger partial charge in [-0.1, -0.05) is 0 Å². The maximum absolute atomic E-state index is 10.7. The molecule has 0 aliphatic carbocycles. The molecule has 1 aromatic carbocycles. The fourth-order valence-corrected chi connectivity index (χ4v) is 2.09. The van der Waals surface area contributed by atoms with Gasteiger partial charge in [0.15, 0.2) is 6.23 Å². The fourth-order valence-electron chi connectivity index (χ4n) is 2.09. The van der Waals surface area contributed by atoms with Crippen molar-refractivity contribution in [2.75, 3.05) is 11.9 Å². The largest absolute Gasteiger partial charge is 0.478 e. The smallest absolute Gasteiger partial charge is 0.335 e. The van der Waals surface area contributed by atoms with Crippen LogP contribution in [0.3, 0.4) is 0 Å². The summed E-state index contributed by atoms with van der Waals surface area (Å²) in [6.07, 6.45) is -6.33. The van der Waals surface area contributed by atoms with Gasteiger partial charge >= 0.3 is 5.97 Å². The van der Waals surface area contributed by atoms with E-state index in [1.54, 1.807) is 0 Å². The van der Waals surface area contributed by atoms with Gasteiger partial charge in [-0.15, -0.1) is 0 Å². The number of rotatable bonds is 4. The molecule has 2 rings (SSSR count). The van der Waals surface area contributed by atoms with E-state index in [1.807, 2.05) is 0 Å². The lowest BCUT2D eigenvalue weighted by atomic mass is 9.98. The Morgan fingerprint density at radius 1 is 1.10 bits per heavy atom. The van der Waals surface area contributed by atoms with Gasteiger partial charge < -0.3 is 35.6 Å². The zero-order chi connectivity index (χ0) is 15.6. The standard InChI is InChI=1S/C13H17NO7/c15-5-8-9(16)10(17)11(18)12(21-8)14-7-3-1-6(2-4-7)13(19)20/h1-4,8-12,14-18H,5H2,(H,19,20)/t8?,9-,10-,11?,12+/m0/s1. The summed E-state index contributed by atoms with van der Waals surface area (Å²) in [5, 5.41) is 49.8. The summed E-state index contributed by atoms with van der Waals surface area (Å²) in [6, 6.07) is 5.69. The first-order valence-corrected chi connectivity index (χ1v) is 6.34. The highest BCUT2D eigenvalue weighted by molar-refractivity contribution is 5.87. The van der Waals surface area contributed by atoms with Crippen LogP contribution in [0.25, 0.3) is 0 Å². The van der Waals surface area contributed by atoms with Gasteiger partial charge in [-0.2, -0.15) is 0 Å². The topological polar surface area (TPSA) is 139 Å². The number of aromatic carboxylic acids is 1. The molecule has 1 aromatic rings. The molecule has 1 aliphatic rings. The minimum absolute atomic E-state index is 0.106. The van der Waals surface area contributed by atoms with Gasteiger partial charge in [0.1, 0.15) is 24.4 Å². The van der Waals surface area contributed by atoms with Crippen molar-refractivity contribution < 1.29 is 35.1 Å². The predicted octanol–water partition coefficient (Wildman–Crippen LogP) is -1.40. The Balaban J connectivity index is 2.08. The molecule has 0 spiro atoms. The number of anilines is 1. The monoisotopic (exact) mass is 299 g/mol. The van der Waals surface area contributed by atoms with Crippen LogP contribution in [0, 0.1) is 0 Å². The molecule has 2 unspecified atom stereocenters. The Kier molecular flexibility index (Phi) is 4.76. The molecule has 0 bridgehead atoms. The molecule has 6 N–H and O–H groups in total. The van der Waals surface area contributed by atoms with Crippen LogP contribution in [-0.2, 0) is 4.74 Å². The molecule has 0 saturated carbocycles. The molecule has 1 aliphatic heterocycles. The number of benzene rings is 1. The van der Waals surface area contributed by atoms with Crippen molar-refractivity contribution in [1.82, 2.24) is 0 Å². The van der Waals surface area contributed by atoms with Gasteiger partial charge in [0.05, 0.1) is 12.2 Å². The number of aliphatic hydroxyl groups excluding tert-OH is 4. The van der Waals surface area contributed by atoms with E-state index in [2.05, 4.69) is 5.32 Å². The molecular formula is C13H17NO7. The molecule has 1 fully saturated rings. The van der Waals surface area contributed by atoms with Crippen LogP contribution >= 0.6 is 0 Å². The maximum atomic E-state index is 10.7. The van der Waals surface area contributed by atoms with Crippen LogP contribution < -0.4 is 5.32 Å². The van der Waals surface area contributed by atoms with Gasteiger partial charge in [-0.05, 0) is 24.3 Å². The summed E-state index contributed by atoms with van der Waals surface area (Å²) in [5.41, 5.74) is 0.568. The van der Waals surface area contributed by atoms with Crippen LogP contribution in [-0.4, -0.2) is 68.8 Å². The Hall–Kier alpha value is -1.71. The lowest BCUT2D eigenvalue weighted by molar-refractivity contribution is -0.221. The van der Waals surface area contributed by atoms with E-state index in [4.69, 9.17) is 14.9 Å². The van der Waals surface area contributed by atoms with E-state index in [9.17, 15) is 20.1 Å². The lowest BCUT2D eigenvalue weighted by Gasteiger charge is -2.40. The van der Waals surface area contributed by atoms with E-state index in [1.165, 1.54) is 24.3 Å². The van der Waals surface area contributed by atoms with Crippen molar-refractivity contribution in [3.8, 4) is 0 Å². The highest BCUT2D eigenvalue weighted by Crippen LogP contribution is 2.23. The van der Waals surface area contributed by atoms with Crippen LogP contribution in [0.5, 0.6) is 0 Å². The molecule has 0 amide bonds. The molecule has 116 valence electrons. The second-order valence-corrected chi connectivity index (χ2v) is 4.78. The van der Waals surface area contributed by atoms with Crippen molar-refractivity contribution in [2.45, 2.75) is 30.6 Å². The van der Waals surface area contributed by atoms with Gasteiger partial charge in [0.2, 0.25) is 0 Å². The fraction of sp³-hybridized carbons (Fsp3) is 0.462. The zero-order valence-electron chi connectivity index (χ0n) is 11.0. The Labute approximate surface area is 120 Å². The van der Waals surface area contributed by atoms with Gasteiger partial charge in [-0.3, -0.25) is 0 Å². The third-order valence-electron chi connectivity index (χ3n) is 3.33. The minimum atomic E-state index is -1.47. The molecular weight excluding hydrogens is 282 g/mol. The Bertz CT molecular complexity index is 490. The third kappa shape index (κ3) is 3.31. The number of ether oxygens (including phenoxy) is 1. The van der Waals surface area contributed by atoms with E-state index < -0.39 is 43.2 Å². The summed E-state index contributed by atoms with van der Waals surface area (Å²) in [6.45, 7) is -0.513. The average molecular weight is 299 g/mol. The average Bonchev–Trinajstić information content (AvgIpc) is 2.48. The number of nitrogens with one attached hydrogen (secondary N) is 1. The van der Waals surface area contributed by atoms with Crippen LogP contribution in [0.4, 0.5) is 5.69 Å². The highest BCUT2D eigenvalue weighted by Gasteiger charge is 2.43. The number of hydrogen-bond acceptors (Lipinski definition) is 7. The molecule has 8 heteroatoms. The molecule has 5 atom stereocenters. The van der Waals surface area contributed by atoms with E-state index in [0.29, 0.717) is 5.69 Å². The van der Waals surface area contributed by atoms with E-state index >= 15 is 0 Å². The van der Waals surface area contributed by atoms with Crippen LogP contribution in [0.15, 0.2) is 24.3 Å². The minimum Gasteiger partial charge on any atom is -0.478 e. The first-order valence-electron chi connectivity index (χ1n) is 6.34. The van der Waals surface area contributed by atoms with E-state index in [-0.39, 0.29) is 5.56 Å². The number of aliphatic hydroxyl groups is 4. The first kappa shape index (κ1) is 15.7. The Morgan fingerprint density at radius 2 is 1.71 bits per heavy atom. The van der Waals surface area contributed by atoms with Crippen molar-refractivity contribution in [2.24, 2.45) is 0 Å². The van der Waals surface area contributed by atoms with Crippen LogP contribution in [0.2, 0.25) is 0 Å². The SMILES string of the molecule is O=C(O)c1ccc(N[C@@H]2OC(CO)[C@H](O)[C@H](O)C2O)cc1. The molecule has 1 saturated heterocycles. The summed E-state index contributed by atoms with van der Waals surface area (Å²) >= 11 is 0.